The van der Waals surface area contributed by atoms with Gasteiger partial charge in [-0.05, 0) is 0 Å². The maximum atomic E-state index is 9.83. The molecule has 0 rings (SSSR count). The van der Waals surface area contributed by atoms with E-state index in [1.54, 1.807) is 6.07 Å². The van der Waals surface area contributed by atoms with Crippen molar-refractivity contribution in [3.05, 3.63) is 0 Å². The summed E-state index contributed by atoms with van der Waals surface area (Å²) >= 11 is 0. The van der Waals surface area contributed by atoms with Crippen molar-refractivity contribution in [3.63, 3.8) is 0 Å². The van der Waals surface area contributed by atoms with Crippen LogP contribution in [0.1, 0.15) is 6.92 Å². The van der Waals surface area contributed by atoms with Gasteiger partial charge in [-0.2, -0.15) is 5.26 Å². The van der Waals surface area contributed by atoms with E-state index in [9.17, 15) is 4.79 Å². The molecule has 0 heterocycles. The molecule has 3 nitrogen and oxygen atoms in total. The van der Waals surface area contributed by atoms with E-state index in [1.165, 1.54) is 6.92 Å². The van der Waals surface area contributed by atoms with Crippen LogP contribution in [0.2, 0.25) is 0 Å². The van der Waals surface area contributed by atoms with Crippen LogP contribution in [0.25, 0.3) is 0 Å². The molecule has 0 fully saturated rings. The molecule has 4 heteroatoms. The van der Waals surface area contributed by atoms with Gasteiger partial charge in [0.1, 0.15) is 6.07 Å². The van der Waals surface area contributed by atoms with Gasteiger partial charge in [-0.15, -0.1) is 12.4 Å². The zero-order chi connectivity index (χ0) is 5.70. The minimum absolute atomic E-state index is 0. The number of nitriles is 1. The second kappa shape index (κ2) is 6.25. The highest BCUT2D eigenvalue weighted by molar-refractivity contribution is 5.85. The molecule has 0 aliphatic carbocycles. The van der Waals surface area contributed by atoms with Gasteiger partial charge in [0.15, 0.2) is 6.61 Å². The number of nitrogens with zero attached hydrogens (tertiary/aromatic N) is 1. The van der Waals surface area contributed by atoms with Crippen molar-refractivity contribution in [2.24, 2.45) is 0 Å². The standard InChI is InChI=1S/C4H5NO2.ClH/c1-4(6)7-3-2-5;/h3H2,1H3;1H. The first-order chi connectivity index (χ1) is 3.27. The van der Waals surface area contributed by atoms with Gasteiger partial charge in [0, 0.05) is 6.92 Å². The Morgan fingerprint density at radius 1 is 1.88 bits per heavy atom. The van der Waals surface area contributed by atoms with Crippen LogP contribution >= 0.6 is 12.4 Å². The molecule has 0 aliphatic heterocycles. The van der Waals surface area contributed by atoms with E-state index < -0.39 is 5.97 Å². The summed E-state index contributed by atoms with van der Waals surface area (Å²) in [6, 6.07) is 1.66. The Morgan fingerprint density at radius 3 is 2.50 bits per heavy atom. The Morgan fingerprint density at radius 2 is 2.38 bits per heavy atom. The lowest BCUT2D eigenvalue weighted by molar-refractivity contribution is -0.139. The van der Waals surface area contributed by atoms with Gasteiger partial charge in [-0.1, -0.05) is 0 Å². The number of esters is 1. The number of hydrogen-bond acceptors (Lipinski definition) is 3. The molecule has 46 valence electrons. The van der Waals surface area contributed by atoms with Crippen LogP contribution in [0.15, 0.2) is 0 Å². The molecule has 0 radical (unpaired) electrons. The number of halogens is 1. The molecule has 8 heavy (non-hydrogen) atoms. The predicted molar refractivity (Wildman–Crippen MR) is 29.5 cm³/mol. The van der Waals surface area contributed by atoms with E-state index in [0.717, 1.165) is 0 Å². The molecule has 0 aromatic carbocycles. The van der Waals surface area contributed by atoms with Crippen molar-refractivity contribution < 1.29 is 9.53 Å². The summed E-state index contributed by atoms with van der Waals surface area (Å²) in [4.78, 5) is 9.83. The Labute approximate surface area is 53.7 Å². The number of carbonyl (C=O) groups excluding carboxylic acids is 1. The maximum absolute atomic E-state index is 9.83. The maximum Gasteiger partial charge on any atom is 0.303 e. The molecule has 0 saturated carbocycles. The van der Waals surface area contributed by atoms with Crippen LogP contribution in [0.3, 0.4) is 0 Å². The predicted octanol–water partition coefficient (Wildman–Crippen LogP) is 0.495. The highest BCUT2D eigenvalue weighted by atomic mass is 35.5. The fourth-order valence-corrected chi connectivity index (χ4v) is 0.134. The fourth-order valence-electron chi connectivity index (χ4n) is 0.134. The fraction of sp³-hybridized carbons (Fsp3) is 0.500. The highest BCUT2D eigenvalue weighted by Crippen LogP contribution is 1.70. The van der Waals surface area contributed by atoms with Gasteiger partial charge in [0.25, 0.3) is 0 Å². The van der Waals surface area contributed by atoms with Gasteiger partial charge in [-0.25, -0.2) is 0 Å². The summed E-state index contributed by atoms with van der Waals surface area (Å²) in [6.45, 7) is 1.12. The minimum Gasteiger partial charge on any atom is -0.450 e. The van der Waals surface area contributed by atoms with Crippen LogP contribution in [0.4, 0.5) is 0 Å². The third kappa shape index (κ3) is 8.98. The number of carbonyl (C=O) groups is 1. The van der Waals surface area contributed by atoms with Crippen molar-refractivity contribution in [1.29, 1.82) is 5.26 Å². The van der Waals surface area contributed by atoms with Gasteiger partial charge in [0.05, 0.1) is 0 Å². The normalized spacial score (nSPS) is 6.00. The van der Waals surface area contributed by atoms with Crippen molar-refractivity contribution in [3.8, 4) is 6.07 Å². The molecular weight excluding hydrogens is 130 g/mol. The topological polar surface area (TPSA) is 50.1 Å². The molecule has 0 N–H and O–H groups in total. The van der Waals surface area contributed by atoms with Crippen molar-refractivity contribution in [2.75, 3.05) is 6.61 Å². The first-order valence-electron chi connectivity index (χ1n) is 1.77. The summed E-state index contributed by atoms with van der Waals surface area (Å²) < 4.78 is 4.19. The summed E-state index contributed by atoms with van der Waals surface area (Å²) in [5.74, 6) is -0.415. The summed E-state index contributed by atoms with van der Waals surface area (Å²) in [7, 11) is 0. The highest BCUT2D eigenvalue weighted by Gasteiger charge is 1.85. The quantitative estimate of drug-likeness (QED) is 0.492. The largest absolute Gasteiger partial charge is 0.450 e. The molecule has 0 amide bonds. The second-order valence-electron chi connectivity index (χ2n) is 0.938. The molecule has 0 spiro atoms. The van der Waals surface area contributed by atoms with Crippen LogP contribution < -0.4 is 0 Å². The lowest BCUT2D eigenvalue weighted by atomic mass is 10.8. The third-order valence-electron chi connectivity index (χ3n) is 0.340. The average molecular weight is 136 g/mol. The molecule has 0 unspecified atom stereocenters. The van der Waals surface area contributed by atoms with Crippen molar-refractivity contribution in [1.82, 2.24) is 0 Å². The Hall–Kier alpha value is -0.750. The number of rotatable bonds is 1. The zero-order valence-electron chi connectivity index (χ0n) is 4.38. The van der Waals surface area contributed by atoms with E-state index in [0.29, 0.717) is 0 Å². The minimum atomic E-state index is -0.415. The monoisotopic (exact) mass is 135 g/mol. The summed E-state index contributed by atoms with van der Waals surface area (Å²) in [5, 5.41) is 7.79. The van der Waals surface area contributed by atoms with E-state index in [4.69, 9.17) is 5.26 Å². The molecule has 0 aromatic rings. The van der Waals surface area contributed by atoms with Crippen molar-refractivity contribution >= 4 is 18.4 Å². The molecule has 0 bridgehead atoms. The van der Waals surface area contributed by atoms with Crippen LogP contribution in [0, 0.1) is 11.3 Å². The molecular formula is C4H6ClNO2. The van der Waals surface area contributed by atoms with E-state index >= 15 is 0 Å². The van der Waals surface area contributed by atoms with Crippen LogP contribution in [-0.4, -0.2) is 12.6 Å². The second-order valence-corrected chi connectivity index (χ2v) is 0.938. The summed E-state index contributed by atoms with van der Waals surface area (Å²) in [5.41, 5.74) is 0. The SMILES string of the molecule is CC(=O)OCC#N.Cl. The number of ether oxygens (including phenoxy) is 1. The average Bonchev–Trinajstić information content (AvgIpc) is 1.61. The Balaban J connectivity index is 0. The third-order valence-corrected chi connectivity index (χ3v) is 0.340. The zero-order valence-corrected chi connectivity index (χ0v) is 5.20. The van der Waals surface area contributed by atoms with E-state index in [1.807, 2.05) is 0 Å². The first kappa shape index (κ1) is 10.3. The Kier molecular flexibility index (Phi) is 8.03. The van der Waals surface area contributed by atoms with Gasteiger partial charge in [0.2, 0.25) is 0 Å². The van der Waals surface area contributed by atoms with Gasteiger partial charge >= 0.3 is 5.97 Å². The van der Waals surface area contributed by atoms with Crippen LogP contribution in [0.5, 0.6) is 0 Å². The van der Waals surface area contributed by atoms with Gasteiger partial charge in [-0.3, -0.25) is 4.79 Å². The van der Waals surface area contributed by atoms with E-state index in [-0.39, 0.29) is 19.0 Å². The molecule has 0 atom stereocenters. The first-order valence-corrected chi connectivity index (χ1v) is 1.77. The van der Waals surface area contributed by atoms with Crippen molar-refractivity contribution in [2.45, 2.75) is 6.92 Å². The smallest absolute Gasteiger partial charge is 0.303 e. The van der Waals surface area contributed by atoms with Crippen LogP contribution in [-0.2, 0) is 9.53 Å². The Bertz CT molecular complexity index is 107. The number of hydrogen-bond donors (Lipinski definition) is 0. The molecule has 0 saturated heterocycles. The lowest BCUT2D eigenvalue weighted by Gasteiger charge is -1.87. The lowest BCUT2D eigenvalue weighted by Crippen LogP contribution is -1.96. The molecule has 0 aromatic heterocycles. The van der Waals surface area contributed by atoms with E-state index in [2.05, 4.69) is 4.74 Å². The molecule has 0 aliphatic rings. The summed E-state index contributed by atoms with van der Waals surface area (Å²) in [6.07, 6.45) is 0. The van der Waals surface area contributed by atoms with Gasteiger partial charge < -0.3 is 4.74 Å².